The van der Waals surface area contributed by atoms with Gasteiger partial charge >= 0.3 is 0 Å². The lowest BCUT2D eigenvalue weighted by atomic mass is 10.3. The van der Waals surface area contributed by atoms with Gasteiger partial charge in [0.2, 0.25) is 0 Å². The van der Waals surface area contributed by atoms with Gasteiger partial charge in [-0.15, -0.1) is 0 Å². The number of amides is 1. The Hall–Kier alpha value is -1.40. The highest BCUT2D eigenvalue weighted by Crippen LogP contribution is 1.95. The fourth-order valence-electron chi connectivity index (χ4n) is 1.93. The summed E-state index contributed by atoms with van der Waals surface area (Å²) in [6.07, 6.45) is 3.21. The van der Waals surface area contributed by atoms with Crippen molar-refractivity contribution in [2.45, 2.75) is 0 Å². The first-order chi connectivity index (χ1) is 8.27. The zero-order chi connectivity index (χ0) is 12.1. The van der Waals surface area contributed by atoms with Gasteiger partial charge in [0.25, 0.3) is 5.91 Å². The maximum absolute atomic E-state index is 11.8. The third-order valence-corrected chi connectivity index (χ3v) is 2.97. The standard InChI is InChI=1S/C11H19N5O/c1-15-9-13-8-10(15)11(17)14-4-7-16-5-2-12-3-6-16/h8-9,12H,2-7H2,1H3,(H,14,17). The van der Waals surface area contributed by atoms with Gasteiger partial charge in [-0.25, -0.2) is 4.98 Å². The summed E-state index contributed by atoms with van der Waals surface area (Å²) in [5.41, 5.74) is 0.602. The summed E-state index contributed by atoms with van der Waals surface area (Å²) in [4.78, 5) is 18.0. The van der Waals surface area contributed by atoms with Crippen LogP contribution in [0.5, 0.6) is 0 Å². The maximum atomic E-state index is 11.8. The van der Waals surface area contributed by atoms with E-state index in [2.05, 4.69) is 20.5 Å². The zero-order valence-corrected chi connectivity index (χ0v) is 10.1. The van der Waals surface area contributed by atoms with E-state index in [0.29, 0.717) is 12.2 Å². The third kappa shape index (κ3) is 3.28. The van der Waals surface area contributed by atoms with Crippen molar-refractivity contribution < 1.29 is 4.79 Å². The highest BCUT2D eigenvalue weighted by Gasteiger charge is 2.11. The molecule has 0 spiro atoms. The van der Waals surface area contributed by atoms with Crippen LogP contribution in [-0.2, 0) is 7.05 Å². The summed E-state index contributed by atoms with van der Waals surface area (Å²) in [6.45, 7) is 5.78. The molecule has 6 nitrogen and oxygen atoms in total. The average Bonchev–Trinajstić information content (AvgIpc) is 2.77. The Morgan fingerprint density at radius 3 is 2.94 bits per heavy atom. The highest BCUT2D eigenvalue weighted by atomic mass is 16.1. The Labute approximate surface area is 101 Å². The molecule has 2 heterocycles. The van der Waals surface area contributed by atoms with Crippen molar-refractivity contribution in [1.29, 1.82) is 0 Å². The quantitative estimate of drug-likeness (QED) is 0.709. The minimum atomic E-state index is -0.0554. The van der Waals surface area contributed by atoms with E-state index in [-0.39, 0.29) is 5.91 Å². The predicted octanol–water partition coefficient (Wildman–Crippen LogP) is -0.945. The number of carbonyl (C=O) groups is 1. The predicted molar refractivity (Wildman–Crippen MR) is 64.9 cm³/mol. The van der Waals surface area contributed by atoms with E-state index in [9.17, 15) is 4.79 Å². The van der Waals surface area contributed by atoms with E-state index >= 15 is 0 Å². The van der Waals surface area contributed by atoms with E-state index < -0.39 is 0 Å². The van der Waals surface area contributed by atoms with Gasteiger partial charge in [0.1, 0.15) is 5.69 Å². The molecule has 94 valence electrons. The number of piperazine rings is 1. The number of hydrogen-bond donors (Lipinski definition) is 2. The van der Waals surface area contributed by atoms with E-state index in [1.807, 2.05) is 7.05 Å². The van der Waals surface area contributed by atoms with E-state index in [1.54, 1.807) is 17.1 Å². The Kier molecular flexibility index (Phi) is 4.11. The van der Waals surface area contributed by atoms with Gasteiger partial charge < -0.3 is 15.2 Å². The van der Waals surface area contributed by atoms with Crippen LogP contribution in [0.1, 0.15) is 10.5 Å². The molecular weight excluding hydrogens is 218 g/mol. The number of aromatic nitrogens is 2. The molecule has 0 radical (unpaired) electrons. The minimum Gasteiger partial charge on any atom is -0.349 e. The Morgan fingerprint density at radius 1 is 1.53 bits per heavy atom. The number of carbonyl (C=O) groups excluding carboxylic acids is 1. The number of imidazole rings is 1. The van der Waals surface area contributed by atoms with Crippen molar-refractivity contribution in [3.8, 4) is 0 Å². The lowest BCUT2D eigenvalue weighted by molar-refractivity contribution is 0.0939. The molecule has 0 saturated carbocycles. The summed E-state index contributed by atoms with van der Waals surface area (Å²) in [5, 5.41) is 6.21. The summed E-state index contributed by atoms with van der Waals surface area (Å²) in [7, 11) is 1.82. The second kappa shape index (κ2) is 5.79. The summed E-state index contributed by atoms with van der Waals surface area (Å²) in [6, 6.07) is 0. The molecule has 0 aromatic carbocycles. The van der Waals surface area contributed by atoms with Crippen LogP contribution in [0.2, 0.25) is 0 Å². The van der Waals surface area contributed by atoms with Gasteiger partial charge in [0.15, 0.2) is 0 Å². The smallest absolute Gasteiger partial charge is 0.269 e. The van der Waals surface area contributed by atoms with Crippen LogP contribution >= 0.6 is 0 Å². The molecule has 2 rings (SSSR count). The van der Waals surface area contributed by atoms with Crippen molar-refractivity contribution in [3.05, 3.63) is 18.2 Å². The normalized spacial score (nSPS) is 17.0. The van der Waals surface area contributed by atoms with Crippen LogP contribution in [0, 0.1) is 0 Å². The van der Waals surface area contributed by atoms with Gasteiger partial charge in [-0.2, -0.15) is 0 Å². The Morgan fingerprint density at radius 2 is 2.29 bits per heavy atom. The molecule has 1 aliphatic rings. The summed E-state index contributed by atoms with van der Waals surface area (Å²) in [5.74, 6) is -0.0554. The van der Waals surface area contributed by atoms with Gasteiger partial charge in [-0.3, -0.25) is 9.69 Å². The Bertz CT molecular complexity index is 370. The van der Waals surface area contributed by atoms with Crippen LogP contribution in [0.4, 0.5) is 0 Å². The van der Waals surface area contributed by atoms with Gasteiger partial charge in [0.05, 0.1) is 12.5 Å². The van der Waals surface area contributed by atoms with Crippen LogP contribution in [0.25, 0.3) is 0 Å². The molecule has 0 unspecified atom stereocenters. The highest BCUT2D eigenvalue weighted by molar-refractivity contribution is 5.92. The summed E-state index contributed by atoms with van der Waals surface area (Å²) < 4.78 is 1.72. The topological polar surface area (TPSA) is 62.2 Å². The number of hydrogen-bond acceptors (Lipinski definition) is 4. The van der Waals surface area contributed by atoms with Crippen molar-refractivity contribution in [3.63, 3.8) is 0 Å². The number of rotatable bonds is 4. The third-order valence-electron chi connectivity index (χ3n) is 2.97. The number of nitrogens with zero attached hydrogens (tertiary/aromatic N) is 3. The maximum Gasteiger partial charge on any atom is 0.269 e. The van der Waals surface area contributed by atoms with Crippen LogP contribution in [0.3, 0.4) is 0 Å². The van der Waals surface area contributed by atoms with Gasteiger partial charge in [0, 0.05) is 46.3 Å². The molecule has 1 fully saturated rings. The minimum absolute atomic E-state index is 0.0554. The molecular formula is C11H19N5O. The first-order valence-electron chi connectivity index (χ1n) is 5.95. The lowest BCUT2D eigenvalue weighted by Crippen LogP contribution is -2.46. The van der Waals surface area contributed by atoms with E-state index in [0.717, 1.165) is 32.7 Å². The van der Waals surface area contributed by atoms with Gasteiger partial charge in [-0.1, -0.05) is 0 Å². The van der Waals surface area contributed by atoms with Gasteiger partial charge in [-0.05, 0) is 0 Å². The second-order valence-electron chi connectivity index (χ2n) is 4.24. The monoisotopic (exact) mass is 237 g/mol. The second-order valence-corrected chi connectivity index (χ2v) is 4.24. The number of aryl methyl sites for hydroxylation is 1. The van der Waals surface area contributed by atoms with Crippen molar-refractivity contribution >= 4 is 5.91 Å². The lowest BCUT2D eigenvalue weighted by Gasteiger charge is -2.27. The molecule has 0 bridgehead atoms. The van der Waals surface area contributed by atoms with E-state index in [1.165, 1.54) is 0 Å². The van der Waals surface area contributed by atoms with E-state index in [4.69, 9.17) is 0 Å². The molecule has 1 aromatic rings. The fourth-order valence-corrected chi connectivity index (χ4v) is 1.93. The zero-order valence-electron chi connectivity index (χ0n) is 10.1. The van der Waals surface area contributed by atoms with Crippen LogP contribution in [0.15, 0.2) is 12.5 Å². The summed E-state index contributed by atoms with van der Waals surface area (Å²) >= 11 is 0. The van der Waals surface area contributed by atoms with Crippen molar-refractivity contribution in [2.24, 2.45) is 7.05 Å². The Balaban J connectivity index is 1.71. The molecule has 0 aliphatic carbocycles. The van der Waals surface area contributed by atoms with Crippen molar-refractivity contribution in [1.82, 2.24) is 25.1 Å². The van der Waals surface area contributed by atoms with Crippen LogP contribution in [-0.4, -0.2) is 59.6 Å². The first kappa shape index (κ1) is 12.1. The average molecular weight is 237 g/mol. The molecule has 2 N–H and O–H groups in total. The molecule has 1 aromatic heterocycles. The first-order valence-corrected chi connectivity index (χ1v) is 5.95. The van der Waals surface area contributed by atoms with Crippen LogP contribution < -0.4 is 10.6 Å². The molecule has 1 amide bonds. The molecule has 0 atom stereocenters. The SMILES string of the molecule is Cn1cncc1C(=O)NCCN1CCNCC1. The molecule has 1 saturated heterocycles. The molecule has 6 heteroatoms. The molecule has 17 heavy (non-hydrogen) atoms. The largest absolute Gasteiger partial charge is 0.349 e. The van der Waals surface area contributed by atoms with Crippen molar-refractivity contribution in [2.75, 3.05) is 39.3 Å². The fraction of sp³-hybridized carbons (Fsp3) is 0.636. The number of nitrogens with one attached hydrogen (secondary N) is 2. The molecule has 1 aliphatic heterocycles.